The number of thioether (sulfide) groups is 2. The second-order valence-corrected chi connectivity index (χ2v) is 8.04. The van der Waals surface area contributed by atoms with Gasteiger partial charge in [0.2, 0.25) is 10.2 Å². The third-order valence-electron chi connectivity index (χ3n) is 3.59. The first-order chi connectivity index (χ1) is 13.6. The van der Waals surface area contributed by atoms with Gasteiger partial charge in [-0.25, -0.2) is 0 Å². The van der Waals surface area contributed by atoms with Crippen molar-refractivity contribution in [2.24, 2.45) is 0 Å². The van der Waals surface area contributed by atoms with Gasteiger partial charge in [0.1, 0.15) is 0 Å². The average Bonchev–Trinajstić information content (AvgIpc) is 2.67. The van der Waals surface area contributed by atoms with Crippen LogP contribution in [0.4, 0.5) is 13.2 Å². The first-order valence-electron chi connectivity index (χ1n) is 8.31. The zero-order valence-corrected chi connectivity index (χ0v) is 17.1. The Morgan fingerprint density at radius 3 is 2.10 bits per heavy atom. The minimum absolute atomic E-state index is 0.157. The monoisotopic (exact) mass is 434 g/mol. The fourth-order valence-corrected chi connectivity index (χ4v) is 3.53. The van der Waals surface area contributed by atoms with Gasteiger partial charge in [0, 0.05) is 9.79 Å². The van der Waals surface area contributed by atoms with Crippen molar-refractivity contribution in [1.29, 1.82) is 0 Å². The maximum Gasteiger partial charge on any atom is 0.417 e. The van der Waals surface area contributed by atoms with Crippen LogP contribution in [0.25, 0.3) is 12.2 Å². The molecule has 0 N–H and O–H groups in total. The number of halogens is 3. The molecule has 0 atom stereocenters. The molecule has 150 valence electrons. The predicted octanol–water partition coefficient (Wildman–Crippen LogP) is 6.88. The van der Waals surface area contributed by atoms with Crippen LogP contribution in [-0.2, 0) is 15.8 Å². The molecule has 0 amide bonds. The molecule has 0 aliphatic carbocycles. The van der Waals surface area contributed by atoms with E-state index in [0.29, 0.717) is 17.3 Å². The molecule has 0 aromatic heterocycles. The molecular weight excluding hydrogens is 417 g/mol. The molecular formula is C22H17F3O2S2. The van der Waals surface area contributed by atoms with Crippen molar-refractivity contribution in [1.82, 2.24) is 0 Å². The van der Waals surface area contributed by atoms with Crippen molar-refractivity contribution in [3.63, 3.8) is 0 Å². The summed E-state index contributed by atoms with van der Waals surface area (Å²) in [4.78, 5) is 23.7. The van der Waals surface area contributed by atoms with Gasteiger partial charge >= 0.3 is 6.18 Å². The van der Waals surface area contributed by atoms with Gasteiger partial charge in [0.25, 0.3) is 0 Å². The van der Waals surface area contributed by atoms with Gasteiger partial charge in [0.15, 0.2) is 0 Å². The summed E-state index contributed by atoms with van der Waals surface area (Å²) in [7, 11) is 0. The molecule has 7 heteroatoms. The lowest BCUT2D eigenvalue weighted by Gasteiger charge is -2.13. The Balaban J connectivity index is 2.24. The first-order valence-corrected chi connectivity index (χ1v) is 9.95. The number of benzene rings is 2. The summed E-state index contributed by atoms with van der Waals surface area (Å²) in [5.41, 5.74) is 0.437. The number of rotatable bonds is 6. The molecule has 0 saturated carbocycles. The zero-order chi connectivity index (χ0) is 21.6. The van der Waals surface area contributed by atoms with Crippen LogP contribution in [0.2, 0.25) is 0 Å². The molecule has 0 fully saturated rings. The van der Waals surface area contributed by atoms with Gasteiger partial charge in [-0.05, 0) is 77.5 Å². The van der Waals surface area contributed by atoms with Crippen LogP contribution in [-0.4, -0.2) is 10.2 Å². The van der Waals surface area contributed by atoms with Crippen molar-refractivity contribution in [3.8, 4) is 0 Å². The summed E-state index contributed by atoms with van der Waals surface area (Å²) < 4.78 is 40.2. The largest absolute Gasteiger partial charge is 0.417 e. The summed E-state index contributed by atoms with van der Waals surface area (Å²) in [6.07, 6.45) is -0.132. The number of hydrogen-bond donors (Lipinski definition) is 0. The predicted molar refractivity (Wildman–Crippen MR) is 114 cm³/mol. The lowest BCUT2D eigenvalue weighted by molar-refractivity contribution is -0.139. The van der Waals surface area contributed by atoms with Gasteiger partial charge in [0.05, 0.1) is 5.56 Å². The fourth-order valence-electron chi connectivity index (χ4n) is 2.15. The molecule has 0 bridgehead atoms. The molecule has 2 nitrogen and oxygen atoms in total. The summed E-state index contributed by atoms with van der Waals surface area (Å²) >= 11 is 1.55. The van der Waals surface area contributed by atoms with Gasteiger partial charge in [-0.2, -0.15) is 13.2 Å². The number of hydrogen-bond acceptors (Lipinski definition) is 4. The molecule has 0 spiro atoms. The van der Waals surface area contributed by atoms with Gasteiger partial charge < -0.3 is 0 Å². The van der Waals surface area contributed by atoms with Gasteiger partial charge in [-0.3, -0.25) is 9.59 Å². The summed E-state index contributed by atoms with van der Waals surface area (Å²) in [6.45, 7) is 8.32. The zero-order valence-electron chi connectivity index (χ0n) is 15.5. The average molecular weight is 435 g/mol. The Hall–Kier alpha value is -2.51. The van der Waals surface area contributed by atoms with E-state index in [-0.39, 0.29) is 15.6 Å². The highest BCUT2D eigenvalue weighted by Crippen LogP contribution is 2.38. The van der Waals surface area contributed by atoms with E-state index in [9.17, 15) is 22.8 Å². The van der Waals surface area contributed by atoms with E-state index < -0.39 is 16.9 Å². The molecule has 0 unspecified atom stereocenters. The summed E-state index contributed by atoms with van der Waals surface area (Å²) in [6, 6.07) is 10.8. The number of alkyl halides is 3. The lowest BCUT2D eigenvalue weighted by Crippen LogP contribution is -2.08. The quantitative estimate of drug-likeness (QED) is 0.282. The molecule has 0 saturated heterocycles. The van der Waals surface area contributed by atoms with Crippen LogP contribution in [0.3, 0.4) is 0 Å². The highest BCUT2D eigenvalue weighted by molar-refractivity contribution is 8.14. The maximum atomic E-state index is 13.4. The van der Waals surface area contributed by atoms with E-state index in [2.05, 4.69) is 13.2 Å². The van der Waals surface area contributed by atoms with Crippen molar-refractivity contribution >= 4 is 45.9 Å². The topological polar surface area (TPSA) is 34.1 Å². The van der Waals surface area contributed by atoms with E-state index in [4.69, 9.17) is 0 Å². The highest BCUT2D eigenvalue weighted by atomic mass is 32.2. The number of carbonyl (C=O) groups excluding carboxylic acids is 2. The van der Waals surface area contributed by atoms with Gasteiger partial charge in [-0.15, -0.1) is 0 Å². The maximum absolute atomic E-state index is 13.4. The normalized spacial score (nSPS) is 11.4. The van der Waals surface area contributed by atoms with Crippen LogP contribution in [0, 0.1) is 0 Å². The minimum Gasteiger partial charge on any atom is -0.282 e. The van der Waals surface area contributed by atoms with E-state index in [0.717, 1.165) is 28.3 Å². The van der Waals surface area contributed by atoms with E-state index >= 15 is 0 Å². The van der Waals surface area contributed by atoms with Gasteiger partial charge in [-0.1, -0.05) is 43.5 Å². The van der Waals surface area contributed by atoms with Crippen molar-refractivity contribution in [2.45, 2.75) is 22.9 Å². The molecule has 2 rings (SSSR count). The molecule has 0 radical (unpaired) electrons. The molecule has 0 aliphatic heterocycles. The second-order valence-electron chi connectivity index (χ2n) is 5.95. The standard InChI is InChI=1S/C22H17F3O2S2/c1-4-20(26)28-17-10-7-15(8-11-17)5-6-16-9-12-19(29-21(27)14(2)3)18(13-16)22(23,24)25/h4-13H,1-2H2,3H3/b6-5+. The van der Waals surface area contributed by atoms with Crippen molar-refractivity contribution < 1.29 is 22.8 Å². The van der Waals surface area contributed by atoms with Crippen molar-refractivity contribution in [2.75, 3.05) is 0 Å². The third kappa shape index (κ3) is 6.80. The Morgan fingerprint density at radius 1 is 0.966 bits per heavy atom. The number of carbonyl (C=O) groups is 2. The van der Waals surface area contributed by atoms with Crippen LogP contribution < -0.4 is 0 Å². The Morgan fingerprint density at radius 2 is 1.55 bits per heavy atom. The Labute approximate surface area is 175 Å². The smallest absolute Gasteiger partial charge is 0.282 e. The first kappa shape index (κ1) is 22.8. The minimum atomic E-state index is -4.59. The lowest BCUT2D eigenvalue weighted by atomic mass is 10.1. The third-order valence-corrected chi connectivity index (χ3v) is 5.58. The van der Waals surface area contributed by atoms with E-state index in [1.807, 2.05) is 0 Å². The molecule has 2 aromatic carbocycles. The molecule has 0 heterocycles. The summed E-state index contributed by atoms with van der Waals surface area (Å²) in [5, 5.41) is -0.678. The second kappa shape index (κ2) is 9.80. The fraction of sp³-hybridized carbons (Fsp3) is 0.0909. The summed E-state index contributed by atoms with van der Waals surface area (Å²) in [5.74, 6) is 0. The Kier molecular flexibility index (Phi) is 7.70. The van der Waals surface area contributed by atoms with E-state index in [1.165, 1.54) is 25.1 Å². The molecule has 29 heavy (non-hydrogen) atoms. The van der Waals surface area contributed by atoms with E-state index in [1.54, 1.807) is 36.4 Å². The van der Waals surface area contributed by atoms with Crippen molar-refractivity contribution in [3.05, 3.63) is 84.0 Å². The van der Waals surface area contributed by atoms with Crippen LogP contribution >= 0.6 is 23.5 Å². The molecule has 0 aliphatic rings. The Bertz CT molecular complexity index is 975. The van der Waals surface area contributed by atoms with Crippen LogP contribution in [0.15, 0.2) is 77.1 Å². The highest BCUT2D eigenvalue weighted by Gasteiger charge is 2.34. The van der Waals surface area contributed by atoms with Crippen LogP contribution in [0.5, 0.6) is 0 Å². The van der Waals surface area contributed by atoms with Crippen LogP contribution in [0.1, 0.15) is 23.6 Å². The SMILES string of the molecule is C=CC(=O)Sc1ccc(/C=C/c2ccc(SC(=O)C(=C)C)c(C(F)(F)F)c2)cc1. The molecule has 2 aromatic rings.